The van der Waals surface area contributed by atoms with E-state index in [0.29, 0.717) is 13.1 Å². The number of aryl methyl sites for hydroxylation is 2. The summed E-state index contributed by atoms with van der Waals surface area (Å²) >= 11 is 0. The number of aromatic nitrogens is 5. The summed E-state index contributed by atoms with van der Waals surface area (Å²) in [5.41, 5.74) is 3.69. The monoisotopic (exact) mass is 455 g/mol. The highest BCUT2D eigenvalue weighted by molar-refractivity contribution is 7.89. The number of nitrogens with zero attached hydrogens (tertiary/aromatic N) is 6. The van der Waals surface area contributed by atoms with Gasteiger partial charge in [0.15, 0.2) is 0 Å². The fourth-order valence-electron chi connectivity index (χ4n) is 4.09. The van der Waals surface area contributed by atoms with Crippen LogP contribution in [0.25, 0.3) is 16.6 Å². The quantitative estimate of drug-likeness (QED) is 0.505. The van der Waals surface area contributed by atoms with Crippen molar-refractivity contribution in [2.45, 2.75) is 18.0 Å². The minimum atomic E-state index is -3.72. The van der Waals surface area contributed by atoms with Crippen molar-refractivity contribution in [3.63, 3.8) is 0 Å². The molecule has 4 aromatic rings. The molecule has 1 saturated heterocycles. The van der Waals surface area contributed by atoms with E-state index in [-0.39, 0.29) is 23.4 Å². The lowest BCUT2D eigenvalue weighted by Crippen LogP contribution is -2.48. The Hall–Kier alpha value is -3.15. The smallest absolute Gasteiger partial charge is 0.264 e. The van der Waals surface area contributed by atoms with Gasteiger partial charge in [-0.25, -0.2) is 17.5 Å². The zero-order valence-corrected chi connectivity index (χ0v) is 18.4. The standard InChI is InChI=1S/C21H22FN7O2S/c1-14-9-20-15(11-25-29(20)17-5-3-16(22)4-6-17)10-18(14)19-13-28(8-7-23-19)32(30,31)21-12-24-27(2)26-21/h3-6,9-12,19,23H,7-8,13H2,1-2H3. The zero-order valence-electron chi connectivity index (χ0n) is 17.6. The van der Waals surface area contributed by atoms with E-state index in [1.54, 1.807) is 30.1 Å². The second-order valence-corrected chi connectivity index (χ2v) is 9.73. The van der Waals surface area contributed by atoms with E-state index in [0.717, 1.165) is 27.7 Å². The molecule has 1 atom stereocenters. The molecule has 2 aromatic carbocycles. The van der Waals surface area contributed by atoms with Gasteiger partial charge in [0.25, 0.3) is 10.0 Å². The van der Waals surface area contributed by atoms with Gasteiger partial charge in [0.2, 0.25) is 5.03 Å². The molecule has 0 saturated carbocycles. The molecular formula is C21H22FN7O2S. The topological polar surface area (TPSA) is 97.9 Å². The second-order valence-electron chi connectivity index (χ2n) is 7.84. The molecule has 1 aliphatic rings. The third-order valence-electron chi connectivity index (χ3n) is 5.72. The number of sulfonamides is 1. The van der Waals surface area contributed by atoms with Gasteiger partial charge in [0.05, 0.1) is 23.6 Å². The van der Waals surface area contributed by atoms with Crippen molar-refractivity contribution in [3.8, 4) is 5.69 Å². The average Bonchev–Trinajstić information content (AvgIpc) is 3.40. The molecule has 9 nitrogen and oxygen atoms in total. The molecule has 0 bridgehead atoms. The van der Waals surface area contributed by atoms with E-state index in [4.69, 9.17) is 0 Å². The van der Waals surface area contributed by atoms with E-state index in [1.807, 2.05) is 19.1 Å². The van der Waals surface area contributed by atoms with Crippen molar-refractivity contribution < 1.29 is 12.8 Å². The molecule has 0 spiro atoms. The van der Waals surface area contributed by atoms with Crippen molar-refractivity contribution >= 4 is 20.9 Å². The normalized spacial score (nSPS) is 17.8. The summed E-state index contributed by atoms with van der Waals surface area (Å²) < 4.78 is 42.5. The highest BCUT2D eigenvalue weighted by atomic mass is 32.2. The van der Waals surface area contributed by atoms with Gasteiger partial charge in [0, 0.05) is 38.1 Å². The first-order valence-corrected chi connectivity index (χ1v) is 11.6. The van der Waals surface area contributed by atoms with Gasteiger partial charge in [-0.3, -0.25) is 0 Å². The minimum absolute atomic E-state index is 0.0478. The highest BCUT2D eigenvalue weighted by Gasteiger charge is 2.33. The van der Waals surface area contributed by atoms with Gasteiger partial charge in [-0.1, -0.05) is 0 Å². The largest absolute Gasteiger partial charge is 0.307 e. The molecule has 166 valence electrons. The predicted octanol–water partition coefficient (Wildman–Crippen LogP) is 1.94. The number of nitrogens with one attached hydrogen (secondary N) is 1. The van der Waals surface area contributed by atoms with Crippen LogP contribution in [0.5, 0.6) is 0 Å². The van der Waals surface area contributed by atoms with E-state index >= 15 is 0 Å². The summed E-state index contributed by atoms with van der Waals surface area (Å²) in [5, 5.41) is 16.6. The van der Waals surface area contributed by atoms with Gasteiger partial charge in [-0.15, -0.1) is 5.10 Å². The molecule has 2 aromatic heterocycles. The van der Waals surface area contributed by atoms with Crippen LogP contribution in [0.3, 0.4) is 0 Å². The third-order valence-corrected chi connectivity index (χ3v) is 7.45. The first-order valence-electron chi connectivity index (χ1n) is 10.2. The molecule has 11 heteroatoms. The van der Waals surface area contributed by atoms with Crippen LogP contribution in [0, 0.1) is 12.7 Å². The van der Waals surface area contributed by atoms with Crippen LogP contribution >= 0.6 is 0 Å². The Kier molecular flexibility index (Phi) is 5.03. The number of benzene rings is 2. The minimum Gasteiger partial charge on any atom is -0.307 e. The lowest BCUT2D eigenvalue weighted by molar-refractivity contribution is 0.300. The van der Waals surface area contributed by atoms with Crippen molar-refractivity contribution in [1.29, 1.82) is 0 Å². The Morgan fingerprint density at radius 3 is 2.62 bits per heavy atom. The molecule has 3 heterocycles. The summed E-state index contributed by atoms with van der Waals surface area (Å²) in [6.07, 6.45) is 3.03. The molecule has 0 aliphatic carbocycles. The fraction of sp³-hybridized carbons (Fsp3) is 0.286. The molecule has 1 unspecified atom stereocenters. The Morgan fingerprint density at radius 2 is 1.91 bits per heavy atom. The first-order chi connectivity index (χ1) is 15.3. The second kappa shape index (κ2) is 7.76. The molecule has 0 amide bonds. The van der Waals surface area contributed by atoms with Crippen LogP contribution in [0.4, 0.5) is 4.39 Å². The molecule has 1 fully saturated rings. The predicted molar refractivity (Wildman–Crippen MR) is 116 cm³/mol. The summed E-state index contributed by atoms with van der Waals surface area (Å²) in [4.78, 5) is 1.24. The lowest BCUT2D eigenvalue weighted by Gasteiger charge is -2.33. The van der Waals surface area contributed by atoms with Crippen molar-refractivity contribution in [2.24, 2.45) is 7.05 Å². The highest BCUT2D eigenvalue weighted by Crippen LogP contribution is 2.29. The summed E-state index contributed by atoms with van der Waals surface area (Å²) in [5.74, 6) is -0.298. The van der Waals surface area contributed by atoms with Gasteiger partial charge >= 0.3 is 0 Å². The van der Waals surface area contributed by atoms with E-state index < -0.39 is 10.0 Å². The van der Waals surface area contributed by atoms with Gasteiger partial charge in [-0.2, -0.15) is 19.3 Å². The summed E-state index contributed by atoms with van der Waals surface area (Å²) in [7, 11) is -2.13. The number of piperazine rings is 1. The first kappa shape index (κ1) is 20.7. The Morgan fingerprint density at radius 1 is 1.12 bits per heavy atom. The fourth-order valence-corrected chi connectivity index (χ4v) is 5.43. The Bertz CT molecular complexity index is 1400. The zero-order chi connectivity index (χ0) is 22.5. The molecular weight excluding hydrogens is 433 g/mol. The number of rotatable bonds is 4. The summed E-state index contributed by atoms with van der Waals surface area (Å²) in [6.45, 7) is 3.17. The molecule has 1 aliphatic heterocycles. The number of fused-ring (bicyclic) bond motifs is 1. The Labute approximate surface area is 184 Å². The molecule has 32 heavy (non-hydrogen) atoms. The van der Waals surface area contributed by atoms with Crippen LogP contribution in [-0.2, 0) is 17.1 Å². The van der Waals surface area contributed by atoms with E-state index in [9.17, 15) is 12.8 Å². The van der Waals surface area contributed by atoms with Crippen LogP contribution < -0.4 is 5.32 Å². The van der Waals surface area contributed by atoms with Gasteiger partial charge < -0.3 is 5.32 Å². The average molecular weight is 456 g/mol. The SMILES string of the molecule is Cc1cc2c(cnn2-c2ccc(F)cc2)cc1C1CN(S(=O)(=O)c2cnn(C)n2)CCN1. The van der Waals surface area contributed by atoms with E-state index in [1.165, 1.54) is 27.4 Å². The number of halogens is 1. The van der Waals surface area contributed by atoms with E-state index in [2.05, 4.69) is 20.6 Å². The van der Waals surface area contributed by atoms with Crippen molar-refractivity contribution in [2.75, 3.05) is 19.6 Å². The number of hydrogen-bond donors (Lipinski definition) is 1. The molecule has 0 radical (unpaired) electrons. The Balaban J connectivity index is 1.46. The van der Waals surface area contributed by atoms with Gasteiger partial charge in [0.1, 0.15) is 5.82 Å². The maximum atomic E-state index is 13.3. The molecule has 5 rings (SSSR count). The van der Waals surface area contributed by atoms with Crippen LogP contribution in [0.2, 0.25) is 0 Å². The molecule has 1 N–H and O–H groups in total. The lowest BCUT2D eigenvalue weighted by atomic mass is 9.98. The van der Waals surface area contributed by atoms with Crippen LogP contribution in [0.15, 0.2) is 53.8 Å². The maximum absolute atomic E-state index is 13.3. The third kappa shape index (κ3) is 3.57. The van der Waals surface area contributed by atoms with Crippen molar-refractivity contribution in [3.05, 3.63) is 65.7 Å². The maximum Gasteiger partial charge on any atom is 0.264 e. The van der Waals surface area contributed by atoms with Crippen molar-refractivity contribution in [1.82, 2.24) is 34.4 Å². The number of hydrogen-bond acceptors (Lipinski definition) is 6. The van der Waals surface area contributed by atoms with Crippen LogP contribution in [-0.4, -0.2) is 57.1 Å². The summed E-state index contributed by atoms with van der Waals surface area (Å²) in [6, 6.07) is 10.1. The van der Waals surface area contributed by atoms with Gasteiger partial charge in [-0.05, 0) is 54.4 Å². The van der Waals surface area contributed by atoms with Crippen LogP contribution in [0.1, 0.15) is 17.2 Å².